The first-order chi connectivity index (χ1) is 11.6. The van der Waals surface area contributed by atoms with Gasteiger partial charge in [0.05, 0.1) is 15.6 Å². The van der Waals surface area contributed by atoms with E-state index in [-0.39, 0.29) is 22.1 Å². The largest absolute Gasteiger partial charge is 0.269 e. The minimum atomic E-state index is -3.61. The van der Waals surface area contributed by atoms with Gasteiger partial charge in [-0.3, -0.25) is 20.2 Å². The van der Waals surface area contributed by atoms with E-state index in [0.29, 0.717) is 5.56 Å². The third-order valence-corrected chi connectivity index (χ3v) is 4.05. The lowest BCUT2D eigenvalue weighted by Crippen LogP contribution is -1.95. The lowest BCUT2D eigenvalue weighted by molar-refractivity contribution is -0.385. The zero-order valence-corrected chi connectivity index (χ0v) is 14.7. The molecule has 8 nitrogen and oxygen atoms in total. The van der Waals surface area contributed by atoms with Crippen LogP contribution in [0.25, 0.3) is 0 Å². The van der Waals surface area contributed by atoms with Crippen LogP contribution in [0.1, 0.15) is 18.1 Å². The molecule has 0 aromatic heterocycles. The Balaban J connectivity index is 0.000000257. The first-order valence-electron chi connectivity index (χ1n) is 7.01. The number of nitrogens with zero attached hydrogens (tertiary/aromatic N) is 2. The molecule has 0 unspecified atom stereocenters. The second kappa shape index (κ2) is 9.09. The predicted molar refractivity (Wildman–Crippen MR) is 94.0 cm³/mol. The van der Waals surface area contributed by atoms with Crippen molar-refractivity contribution in [1.82, 2.24) is 0 Å². The third kappa shape index (κ3) is 7.73. The molecule has 10 heteroatoms. The van der Waals surface area contributed by atoms with E-state index in [1.165, 1.54) is 36.4 Å². The van der Waals surface area contributed by atoms with Gasteiger partial charge in [-0.2, -0.15) is 0 Å². The quantitative estimate of drug-likeness (QED) is 0.437. The van der Waals surface area contributed by atoms with Gasteiger partial charge in [-0.05, 0) is 17.5 Å². The van der Waals surface area contributed by atoms with Crippen LogP contribution < -0.4 is 0 Å². The van der Waals surface area contributed by atoms with Crippen LogP contribution in [-0.2, 0) is 21.2 Å². The topological polar surface area (TPSA) is 120 Å². The Kier molecular flexibility index (Phi) is 7.46. The monoisotopic (exact) mass is 386 g/mol. The maximum absolute atomic E-state index is 10.7. The Morgan fingerprint density at radius 3 is 1.48 bits per heavy atom. The molecule has 0 heterocycles. The summed E-state index contributed by atoms with van der Waals surface area (Å²) in [5, 5.41) is 20.5. The Bertz CT molecular complexity index is 835. The summed E-state index contributed by atoms with van der Waals surface area (Å²) in [6.45, 7) is 2.02. The highest BCUT2D eigenvalue weighted by atomic mass is 35.7. The molecule has 134 valence electrons. The minimum Gasteiger partial charge on any atom is -0.258 e. The average Bonchev–Trinajstić information content (AvgIpc) is 2.54. The lowest BCUT2D eigenvalue weighted by atomic mass is 10.2. The molecule has 0 spiro atoms. The summed E-state index contributed by atoms with van der Waals surface area (Å²) in [6, 6.07) is 11.8. The maximum Gasteiger partial charge on any atom is 0.269 e. The van der Waals surface area contributed by atoms with Crippen LogP contribution in [0.3, 0.4) is 0 Å². The molecule has 0 bridgehead atoms. The van der Waals surface area contributed by atoms with Crippen LogP contribution in [0, 0.1) is 20.2 Å². The standard InChI is InChI=1S/C8H9NO2.C7H6ClNO4S/c1-2-7-3-5-8(6-4-7)9(10)11;8-14(12,13)5-6-1-3-7(4-2-6)9(10)11/h3-6H,2H2,1H3;1-4H,5H2. The molecule has 0 N–H and O–H groups in total. The van der Waals surface area contributed by atoms with Crippen molar-refractivity contribution in [2.45, 2.75) is 19.1 Å². The lowest BCUT2D eigenvalue weighted by Gasteiger charge is -1.96. The van der Waals surface area contributed by atoms with Gasteiger partial charge in [-0.25, -0.2) is 8.42 Å². The summed E-state index contributed by atoms with van der Waals surface area (Å²) in [4.78, 5) is 19.5. The molecule has 25 heavy (non-hydrogen) atoms. The first kappa shape index (κ1) is 20.5. The van der Waals surface area contributed by atoms with E-state index >= 15 is 0 Å². The van der Waals surface area contributed by atoms with Gasteiger partial charge in [0, 0.05) is 34.9 Å². The van der Waals surface area contributed by atoms with E-state index in [9.17, 15) is 28.6 Å². The SMILES string of the molecule is CCc1ccc([N+](=O)[O-])cc1.O=[N+]([O-])c1ccc(CS(=O)(=O)Cl)cc1. The smallest absolute Gasteiger partial charge is 0.258 e. The van der Waals surface area contributed by atoms with E-state index in [1.54, 1.807) is 12.1 Å². The fourth-order valence-electron chi connectivity index (χ4n) is 1.77. The summed E-state index contributed by atoms with van der Waals surface area (Å²) in [6.07, 6.45) is 0.915. The van der Waals surface area contributed by atoms with Crippen molar-refractivity contribution in [3.8, 4) is 0 Å². The third-order valence-electron chi connectivity index (χ3n) is 3.04. The Labute approximate surface area is 148 Å². The van der Waals surface area contributed by atoms with Gasteiger partial charge < -0.3 is 0 Å². The number of rotatable bonds is 5. The number of non-ortho nitro benzene ring substituents is 2. The van der Waals surface area contributed by atoms with E-state index in [1.807, 2.05) is 6.92 Å². The molecule has 2 rings (SSSR count). The fourth-order valence-corrected chi connectivity index (χ4v) is 2.73. The number of aryl methyl sites for hydroxylation is 1. The Hall–Kier alpha value is -2.52. The van der Waals surface area contributed by atoms with Crippen molar-refractivity contribution in [3.63, 3.8) is 0 Å². The summed E-state index contributed by atoms with van der Waals surface area (Å²) in [5.74, 6) is -0.327. The van der Waals surface area contributed by atoms with Crippen molar-refractivity contribution in [2.24, 2.45) is 0 Å². The molecule has 2 aromatic rings. The normalized spacial score (nSPS) is 10.5. The van der Waals surface area contributed by atoms with Crippen LogP contribution in [0.5, 0.6) is 0 Å². The summed E-state index contributed by atoms with van der Waals surface area (Å²) in [5.41, 5.74) is 1.61. The van der Waals surface area contributed by atoms with E-state index in [2.05, 4.69) is 0 Å². The molecule has 0 amide bonds. The Morgan fingerprint density at radius 1 is 0.840 bits per heavy atom. The van der Waals surface area contributed by atoms with Crippen molar-refractivity contribution >= 4 is 31.1 Å². The molecule has 0 aliphatic carbocycles. The van der Waals surface area contributed by atoms with Gasteiger partial charge in [0.2, 0.25) is 9.05 Å². The highest BCUT2D eigenvalue weighted by molar-refractivity contribution is 8.13. The molecule has 0 radical (unpaired) electrons. The zero-order chi connectivity index (χ0) is 19.0. The summed E-state index contributed by atoms with van der Waals surface area (Å²) in [7, 11) is 1.40. The van der Waals surface area contributed by atoms with Gasteiger partial charge in [-0.15, -0.1) is 0 Å². The number of hydrogen-bond donors (Lipinski definition) is 0. The minimum absolute atomic E-state index is 0.0827. The Morgan fingerprint density at radius 2 is 1.20 bits per heavy atom. The highest BCUT2D eigenvalue weighted by Gasteiger charge is 2.09. The predicted octanol–water partition coefficient (Wildman–Crippen LogP) is 3.82. The van der Waals surface area contributed by atoms with Crippen molar-refractivity contribution in [1.29, 1.82) is 0 Å². The molecule has 0 fully saturated rings. The zero-order valence-electron chi connectivity index (χ0n) is 13.2. The molecule has 2 aromatic carbocycles. The van der Waals surface area contributed by atoms with Crippen LogP contribution >= 0.6 is 10.7 Å². The summed E-state index contributed by atoms with van der Waals surface area (Å²) >= 11 is 0. The van der Waals surface area contributed by atoms with Gasteiger partial charge >= 0.3 is 0 Å². The van der Waals surface area contributed by atoms with Gasteiger partial charge in [0.25, 0.3) is 11.4 Å². The van der Waals surface area contributed by atoms with Gasteiger partial charge in [0.1, 0.15) is 0 Å². The highest BCUT2D eigenvalue weighted by Crippen LogP contribution is 2.15. The molecule has 0 aliphatic heterocycles. The van der Waals surface area contributed by atoms with Crippen LogP contribution in [-0.4, -0.2) is 18.3 Å². The van der Waals surface area contributed by atoms with Crippen LogP contribution in [0.15, 0.2) is 48.5 Å². The second-order valence-electron chi connectivity index (χ2n) is 4.88. The van der Waals surface area contributed by atoms with Crippen LogP contribution in [0.2, 0.25) is 0 Å². The van der Waals surface area contributed by atoms with E-state index in [4.69, 9.17) is 10.7 Å². The van der Waals surface area contributed by atoms with Crippen LogP contribution in [0.4, 0.5) is 11.4 Å². The maximum atomic E-state index is 10.7. The van der Waals surface area contributed by atoms with Crippen molar-refractivity contribution in [2.75, 3.05) is 0 Å². The molecule has 0 saturated carbocycles. The number of nitro groups is 2. The van der Waals surface area contributed by atoms with Crippen molar-refractivity contribution < 1.29 is 18.3 Å². The van der Waals surface area contributed by atoms with E-state index in [0.717, 1.165) is 12.0 Å². The fraction of sp³-hybridized carbons (Fsp3) is 0.200. The summed E-state index contributed by atoms with van der Waals surface area (Å²) < 4.78 is 21.3. The number of benzene rings is 2. The number of hydrogen-bond acceptors (Lipinski definition) is 6. The molecular formula is C15H15ClN2O6S. The van der Waals surface area contributed by atoms with E-state index < -0.39 is 14.0 Å². The van der Waals surface area contributed by atoms with Gasteiger partial charge in [-0.1, -0.05) is 31.2 Å². The molecule has 0 atom stereocenters. The number of nitro benzene ring substituents is 2. The van der Waals surface area contributed by atoms with Gasteiger partial charge in [0.15, 0.2) is 0 Å². The van der Waals surface area contributed by atoms with Crippen molar-refractivity contribution in [3.05, 3.63) is 79.9 Å². The second-order valence-corrected chi connectivity index (χ2v) is 7.66. The molecular weight excluding hydrogens is 372 g/mol. The average molecular weight is 387 g/mol. The molecule has 0 aliphatic rings. The first-order valence-corrected chi connectivity index (χ1v) is 9.49. The molecule has 0 saturated heterocycles. The number of halogens is 1.